The molecular formula is C11H10ClNO. The molecule has 2 aromatic rings. The maximum absolute atomic E-state index is 5.63. The van der Waals surface area contributed by atoms with Gasteiger partial charge in [-0.1, -0.05) is 17.7 Å². The van der Waals surface area contributed by atoms with Crippen LogP contribution in [0.3, 0.4) is 0 Å². The normalized spacial score (nSPS) is 10.4. The fourth-order valence-corrected chi connectivity index (χ4v) is 1.32. The predicted octanol–water partition coefficient (Wildman–Crippen LogP) is 3.39. The van der Waals surface area contributed by atoms with Crippen molar-refractivity contribution in [2.24, 2.45) is 0 Å². The Morgan fingerprint density at radius 1 is 1.29 bits per heavy atom. The Morgan fingerprint density at radius 2 is 2.00 bits per heavy atom. The molecule has 0 aliphatic rings. The molecule has 0 amide bonds. The lowest BCUT2D eigenvalue weighted by Gasteiger charge is -1.95. The van der Waals surface area contributed by atoms with Gasteiger partial charge in [0.05, 0.1) is 11.6 Å². The summed E-state index contributed by atoms with van der Waals surface area (Å²) in [5.74, 6) is 1.01. The second-order valence-electron chi connectivity index (χ2n) is 3.14. The van der Waals surface area contributed by atoms with Gasteiger partial charge in [0.15, 0.2) is 0 Å². The van der Waals surface area contributed by atoms with Crippen LogP contribution in [0.1, 0.15) is 11.3 Å². The maximum Gasteiger partial charge on any atom is 0.226 e. The van der Waals surface area contributed by atoms with Gasteiger partial charge in [0.2, 0.25) is 5.89 Å². The van der Waals surface area contributed by atoms with E-state index in [0.29, 0.717) is 11.8 Å². The van der Waals surface area contributed by atoms with Gasteiger partial charge in [-0.25, -0.2) is 4.98 Å². The van der Waals surface area contributed by atoms with Gasteiger partial charge in [-0.2, -0.15) is 0 Å². The average molecular weight is 208 g/mol. The van der Waals surface area contributed by atoms with Crippen LogP contribution in [-0.2, 0) is 5.88 Å². The molecule has 0 saturated heterocycles. The molecule has 1 heterocycles. The Morgan fingerprint density at radius 3 is 2.57 bits per heavy atom. The zero-order valence-electron chi connectivity index (χ0n) is 7.83. The van der Waals surface area contributed by atoms with Crippen LogP contribution in [0.4, 0.5) is 0 Å². The molecule has 0 N–H and O–H groups in total. The first-order valence-electron chi connectivity index (χ1n) is 4.37. The van der Waals surface area contributed by atoms with Crippen molar-refractivity contribution in [3.8, 4) is 11.5 Å². The van der Waals surface area contributed by atoms with E-state index in [-0.39, 0.29) is 0 Å². The van der Waals surface area contributed by atoms with E-state index in [1.54, 1.807) is 6.26 Å². The summed E-state index contributed by atoms with van der Waals surface area (Å²) in [6, 6.07) is 8.03. The van der Waals surface area contributed by atoms with E-state index in [9.17, 15) is 0 Å². The molecule has 1 aromatic carbocycles. The fourth-order valence-electron chi connectivity index (χ4n) is 1.20. The SMILES string of the molecule is Cc1ccc(-c2nc(CCl)co2)cc1. The molecule has 0 atom stereocenters. The molecule has 0 bridgehead atoms. The number of alkyl halides is 1. The smallest absolute Gasteiger partial charge is 0.226 e. The number of hydrogen-bond donors (Lipinski definition) is 0. The topological polar surface area (TPSA) is 26.0 Å². The Balaban J connectivity index is 2.34. The van der Waals surface area contributed by atoms with E-state index in [4.69, 9.17) is 16.0 Å². The Kier molecular flexibility index (Phi) is 2.55. The van der Waals surface area contributed by atoms with E-state index in [0.717, 1.165) is 11.3 Å². The molecule has 0 saturated carbocycles. The molecule has 0 fully saturated rings. The highest BCUT2D eigenvalue weighted by Gasteiger charge is 2.04. The minimum Gasteiger partial charge on any atom is -0.444 e. The summed E-state index contributed by atoms with van der Waals surface area (Å²) >= 11 is 5.63. The van der Waals surface area contributed by atoms with Crippen molar-refractivity contribution in [1.82, 2.24) is 4.98 Å². The van der Waals surface area contributed by atoms with Gasteiger partial charge in [-0.3, -0.25) is 0 Å². The first-order valence-corrected chi connectivity index (χ1v) is 4.90. The fraction of sp³-hybridized carbons (Fsp3) is 0.182. The Hall–Kier alpha value is -1.28. The molecule has 2 nitrogen and oxygen atoms in total. The molecule has 3 heteroatoms. The molecular weight excluding hydrogens is 198 g/mol. The number of rotatable bonds is 2. The third kappa shape index (κ3) is 1.80. The summed E-state index contributed by atoms with van der Waals surface area (Å²) in [5.41, 5.74) is 2.96. The van der Waals surface area contributed by atoms with Crippen molar-refractivity contribution < 1.29 is 4.42 Å². The number of oxazole rings is 1. The largest absolute Gasteiger partial charge is 0.444 e. The van der Waals surface area contributed by atoms with E-state index in [1.165, 1.54) is 5.56 Å². The second kappa shape index (κ2) is 3.84. The Labute approximate surface area is 87.5 Å². The number of halogens is 1. The van der Waals surface area contributed by atoms with Crippen molar-refractivity contribution in [3.63, 3.8) is 0 Å². The first-order chi connectivity index (χ1) is 6.79. The van der Waals surface area contributed by atoms with Crippen LogP contribution < -0.4 is 0 Å². The molecule has 0 aliphatic heterocycles. The van der Waals surface area contributed by atoms with Crippen molar-refractivity contribution in [2.75, 3.05) is 0 Å². The van der Waals surface area contributed by atoms with Gasteiger partial charge in [0, 0.05) is 5.56 Å². The zero-order valence-corrected chi connectivity index (χ0v) is 8.58. The molecule has 0 aliphatic carbocycles. The van der Waals surface area contributed by atoms with Crippen LogP contribution in [0, 0.1) is 6.92 Å². The van der Waals surface area contributed by atoms with Crippen molar-refractivity contribution in [3.05, 3.63) is 41.8 Å². The highest BCUT2D eigenvalue weighted by molar-refractivity contribution is 6.16. The first kappa shape index (κ1) is 9.28. The standard InChI is InChI=1S/C11H10ClNO/c1-8-2-4-9(5-3-8)11-13-10(6-12)7-14-11/h2-5,7H,6H2,1H3. The van der Waals surface area contributed by atoms with Crippen LogP contribution in [0.25, 0.3) is 11.5 Å². The monoisotopic (exact) mass is 207 g/mol. The molecule has 14 heavy (non-hydrogen) atoms. The Bertz CT molecular complexity index is 419. The van der Waals surface area contributed by atoms with Gasteiger partial charge < -0.3 is 4.42 Å². The number of nitrogens with zero attached hydrogens (tertiary/aromatic N) is 1. The number of hydrogen-bond acceptors (Lipinski definition) is 2. The summed E-state index contributed by atoms with van der Waals surface area (Å²) in [7, 11) is 0. The van der Waals surface area contributed by atoms with Crippen LogP contribution >= 0.6 is 11.6 Å². The quantitative estimate of drug-likeness (QED) is 0.706. The molecule has 0 unspecified atom stereocenters. The summed E-state index contributed by atoms with van der Waals surface area (Å²) in [4.78, 5) is 4.23. The minimum absolute atomic E-state index is 0.384. The molecule has 1 aromatic heterocycles. The summed E-state index contributed by atoms with van der Waals surface area (Å²) in [6.45, 7) is 2.05. The van der Waals surface area contributed by atoms with Gasteiger partial charge in [0.25, 0.3) is 0 Å². The van der Waals surface area contributed by atoms with E-state index in [1.807, 2.05) is 31.2 Å². The summed E-state index contributed by atoms with van der Waals surface area (Å²) in [5, 5.41) is 0. The number of aromatic nitrogens is 1. The van der Waals surface area contributed by atoms with Crippen molar-refractivity contribution in [1.29, 1.82) is 0 Å². The summed E-state index contributed by atoms with van der Waals surface area (Å²) in [6.07, 6.45) is 1.59. The van der Waals surface area contributed by atoms with Gasteiger partial charge in [-0.05, 0) is 19.1 Å². The molecule has 0 spiro atoms. The van der Waals surface area contributed by atoms with Gasteiger partial charge in [0.1, 0.15) is 6.26 Å². The summed E-state index contributed by atoms with van der Waals surface area (Å²) < 4.78 is 5.29. The van der Waals surface area contributed by atoms with Crippen molar-refractivity contribution in [2.45, 2.75) is 12.8 Å². The average Bonchev–Trinajstić information content (AvgIpc) is 2.67. The van der Waals surface area contributed by atoms with Crippen molar-refractivity contribution >= 4 is 11.6 Å². The third-order valence-electron chi connectivity index (χ3n) is 1.99. The lowest BCUT2D eigenvalue weighted by atomic mass is 10.1. The predicted molar refractivity (Wildman–Crippen MR) is 56.2 cm³/mol. The van der Waals surface area contributed by atoms with Crippen LogP contribution in [0.15, 0.2) is 34.9 Å². The third-order valence-corrected chi connectivity index (χ3v) is 2.26. The lowest BCUT2D eigenvalue weighted by Crippen LogP contribution is -1.80. The van der Waals surface area contributed by atoms with E-state index < -0.39 is 0 Å². The highest BCUT2D eigenvalue weighted by Crippen LogP contribution is 2.19. The van der Waals surface area contributed by atoms with Crippen LogP contribution in [-0.4, -0.2) is 4.98 Å². The molecule has 72 valence electrons. The van der Waals surface area contributed by atoms with E-state index >= 15 is 0 Å². The van der Waals surface area contributed by atoms with E-state index in [2.05, 4.69) is 4.98 Å². The van der Waals surface area contributed by atoms with Crippen LogP contribution in [0.2, 0.25) is 0 Å². The number of benzene rings is 1. The van der Waals surface area contributed by atoms with Gasteiger partial charge >= 0.3 is 0 Å². The zero-order chi connectivity index (χ0) is 9.97. The number of aryl methyl sites for hydroxylation is 1. The van der Waals surface area contributed by atoms with Gasteiger partial charge in [-0.15, -0.1) is 11.6 Å². The maximum atomic E-state index is 5.63. The highest BCUT2D eigenvalue weighted by atomic mass is 35.5. The lowest BCUT2D eigenvalue weighted by molar-refractivity contribution is 0.573. The molecule has 0 radical (unpaired) electrons. The van der Waals surface area contributed by atoms with Crippen LogP contribution in [0.5, 0.6) is 0 Å². The second-order valence-corrected chi connectivity index (χ2v) is 3.41. The minimum atomic E-state index is 0.384. The molecule has 2 rings (SSSR count).